The number of anilines is 1. The van der Waals surface area contributed by atoms with Crippen LogP contribution in [0.3, 0.4) is 0 Å². The number of nitrogens with one attached hydrogen (secondary N) is 1. The van der Waals surface area contributed by atoms with Gasteiger partial charge in [0.25, 0.3) is 5.88 Å². The summed E-state index contributed by atoms with van der Waals surface area (Å²) < 4.78 is 13.5. The van der Waals surface area contributed by atoms with E-state index < -0.39 is 0 Å². The highest BCUT2D eigenvalue weighted by Gasteiger charge is 2.42. The number of aromatic nitrogens is 5. The Bertz CT molecular complexity index is 1460. The maximum Gasteiger partial charge on any atom is 0.254 e. The van der Waals surface area contributed by atoms with Crippen LogP contribution in [0.4, 0.5) is 5.82 Å². The number of phenolic OH excluding ortho intramolecular Hbond substituents is 1. The molecule has 0 spiro atoms. The molecule has 0 saturated carbocycles. The molecule has 0 amide bonds. The van der Waals surface area contributed by atoms with E-state index in [4.69, 9.17) is 14.4 Å². The van der Waals surface area contributed by atoms with E-state index >= 15 is 0 Å². The van der Waals surface area contributed by atoms with Crippen LogP contribution in [-0.2, 0) is 0 Å². The van der Waals surface area contributed by atoms with E-state index in [0.29, 0.717) is 41.6 Å². The number of para-hydroxylation sites is 1. The minimum absolute atomic E-state index is 0.0759. The first-order chi connectivity index (χ1) is 19.5. The fourth-order valence-corrected chi connectivity index (χ4v) is 6.26. The van der Waals surface area contributed by atoms with Gasteiger partial charge in [-0.1, -0.05) is 26.0 Å². The van der Waals surface area contributed by atoms with Gasteiger partial charge in [0.2, 0.25) is 0 Å². The van der Waals surface area contributed by atoms with Gasteiger partial charge in [0.1, 0.15) is 18.1 Å². The number of fused-ring (bicyclic) bond motifs is 3. The van der Waals surface area contributed by atoms with Gasteiger partial charge in [0.05, 0.1) is 17.3 Å². The minimum Gasteiger partial charge on any atom is -0.507 e. The molecule has 212 valence electrons. The lowest BCUT2D eigenvalue weighted by molar-refractivity contribution is 0.0858. The standard InChI is InChI=1S/C29H37N7O4/c1-17(16-37)18(2)26-15-27(34-40-26)39-11-10-35-19-8-9-20(35)13-21(12-19)36-24-14-23(22-6-4-5-7-25(22)38)31-32-28(24)29(30-3)33-36/h4-7,14-15,17-21,37-38H,8-13,16H2,1-3H3,(H,30,33)/t17?,18-,19?,20?,21?/m0/s1. The number of piperidine rings is 1. The van der Waals surface area contributed by atoms with E-state index in [2.05, 4.69) is 30.3 Å². The molecular weight excluding hydrogens is 510 g/mol. The average Bonchev–Trinajstić information content (AvgIpc) is 3.66. The van der Waals surface area contributed by atoms with E-state index in [0.717, 1.165) is 49.0 Å². The van der Waals surface area contributed by atoms with Crippen molar-refractivity contribution in [3.05, 3.63) is 42.2 Å². The number of nitrogens with zero attached hydrogens (tertiary/aromatic N) is 6. The number of phenols is 1. The lowest BCUT2D eigenvalue weighted by atomic mass is 9.94. The van der Waals surface area contributed by atoms with Crippen molar-refractivity contribution in [2.24, 2.45) is 5.92 Å². The van der Waals surface area contributed by atoms with Crippen molar-refractivity contribution in [1.82, 2.24) is 30.0 Å². The third kappa shape index (κ3) is 4.88. The van der Waals surface area contributed by atoms with Gasteiger partial charge in [0.15, 0.2) is 11.3 Å². The summed E-state index contributed by atoms with van der Waals surface area (Å²) in [5.41, 5.74) is 2.94. The number of benzene rings is 1. The Labute approximate surface area is 233 Å². The molecule has 11 heteroatoms. The van der Waals surface area contributed by atoms with E-state index in [1.165, 1.54) is 0 Å². The first-order valence-electron chi connectivity index (χ1n) is 14.1. The van der Waals surface area contributed by atoms with Gasteiger partial charge in [-0.3, -0.25) is 9.58 Å². The Hall–Kier alpha value is -3.70. The summed E-state index contributed by atoms with van der Waals surface area (Å²) >= 11 is 0. The van der Waals surface area contributed by atoms with Crippen LogP contribution in [0.1, 0.15) is 57.3 Å². The van der Waals surface area contributed by atoms with Crippen LogP contribution in [0.5, 0.6) is 11.6 Å². The SMILES string of the molecule is CNc1nn(C2CC3CCC(C2)N3CCOc2cc([C@@H](C)C(C)CO)on2)c2cc(-c3ccccc3O)nnc12. The van der Waals surface area contributed by atoms with Crippen molar-refractivity contribution in [3.8, 4) is 22.9 Å². The lowest BCUT2D eigenvalue weighted by Crippen LogP contribution is -2.45. The van der Waals surface area contributed by atoms with E-state index in [1.807, 2.05) is 45.2 Å². The number of aliphatic hydroxyl groups excluding tert-OH is 1. The first kappa shape index (κ1) is 26.5. The van der Waals surface area contributed by atoms with Gasteiger partial charge < -0.3 is 24.8 Å². The molecular formula is C29H37N7O4. The number of aliphatic hydroxyl groups is 1. The normalized spacial score (nSPS) is 22.4. The van der Waals surface area contributed by atoms with Crippen LogP contribution in [0.25, 0.3) is 22.3 Å². The van der Waals surface area contributed by atoms with E-state index in [1.54, 1.807) is 12.1 Å². The highest BCUT2D eigenvalue weighted by atomic mass is 16.5. The lowest BCUT2D eigenvalue weighted by Gasteiger charge is -2.39. The van der Waals surface area contributed by atoms with Crippen molar-refractivity contribution < 1.29 is 19.5 Å². The molecule has 0 aliphatic carbocycles. The van der Waals surface area contributed by atoms with Crippen LogP contribution >= 0.6 is 0 Å². The summed E-state index contributed by atoms with van der Waals surface area (Å²) in [5.74, 6) is 2.30. The van der Waals surface area contributed by atoms with E-state index in [9.17, 15) is 10.2 Å². The van der Waals surface area contributed by atoms with Crippen molar-refractivity contribution >= 4 is 16.9 Å². The smallest absolute Gasteiger partial charge is 0.254 e. The average molecular weight is 548 g/mol. The Kier molecular flexibility index (Phi) is 7.33. The zero-order valence-electron chi connectivity index (χ0n) is 23.2. The predicted octanol–water partition coefficient (Wildman–Crippen LogP) is 4.21. The molecule has 1 aromatic carbocycles. The molecule has 3 unspecified atom stereocenters. The molecule has 3 N–H and O–H groups in total. The molecule has 6 rings (SSSR count). The number of ether oxygens (including phenoxy) is 1. The number of hydrogen-bond donors (Lipinski definition) is 3. The molecule has 4 atom stereocenters. The summed E-state index contributed by atoms with van der Waals surface area (Å²) in [5, 5.41) is 40.8. The van der Waals surface area contributed by atoms with Gasteiger partial charge >= 0.3 is 0 Å². The zero-order chi connectivity index (χ0) is 27.8. The van der Waals surface area contributed by atoms with Crippen LogP contribution in [-0.4, -0.2) is 79.1 Å². The Morgan fingerprint density at radius 3 is 2.60 bits per heavy atom. The molecule has 11 nitrogen and oxygen atoms in total. The van der Waals surface area contributed by atoms with Gasteiger partial charge in [-0.15, -0.1) is 10.2 Å². The van der Waals surface area contributed by atoms with Gasteiger partial charge in [-0.05, 0) is 55.0 Å². The fraction of sp³-hybridized carbons (Fsp3) is 0.517. The predicted molar refractivity (Wildman–Crippen MR) is 150 cm³/mol. The summed E-state index contributed by atoms with van der Waals surface area (Å²) in [6.07, 6.45) is 4.31. The molecule has 4 aromatic rings. The van der Waals surface area contributed by atoms with Crippen LogP contribution in [0, 0.1) is 5.92 Å². The zero-order valence-corrected chi connectivity index (χ0v) is 23.2. The van der Waals surface area contributed by atoms with Crippen molar-refractivity contribution in [3.63, 3.8) is 0 Å². The summed E-state index contributed by atoms with van der Waals surface area (Å²) in [7, 11) is 1.85. The molecule has 2 fully saturated rings. The van der Waals surface area contributed by atoms with Crippen LogP contribution < -0.4 is 10.1 Å². The van der Waals surface area contributed by atoms with E-state index in [-0.39, 0.29) is 30.2 Å². The van der Waals surface area contributed by atoms with Gasteiger partial charge in [-0.2, -0.15) is 5.10 Å². The maximum atomic E-state index is 10.4. The highest BCUT2D eigenvalue weighted by molar-refractivity contribution is 5.88. The quantitative estimate of drug-likeness (QED) is 0.265. The van der Waals surface area contributed by atoms with Gasteiger partial charge in [-0.25, -0.2) is 0 Å². The molecule has 2 bridgehead atoms. The molecule has 40 heavy (non-hydrogen) atoms. The number of aromatic hydroxyl groups is 1. The summed E-state index contributed by atoms with van der Waals surface area (Å²) in [6.45, 7) is 5.49. The molecule has 5 heterocycles. The second-order valence-corrected chi connectivity index (χ2v) is 11.1. The minimum atomic E-state index is 0.0759. The molecule has 2 saturated heterocycles. The monoisotopic (exact) mass is 547 g/mol. The molecule has 3 aromatic heterocycles. The molecule has 0 radical (unpaired) electrons. The van der Waals surface area contributed by atoms with Crippen molar-refractivity contribution in [1.29, 1.82) is 0 Å². The summed E-state index contributed by atoms with van der Waals surface area (Å²) in [4.78, 5) is 2.58. The van der Waals surface area contributed by atoms with Crippen molar-refractivity contribution in [2.75, 3.05) is 32.1 Å². The van der Waals surface area contributed by atoms with Gasteiger partial charge in [0, 0.05) is 49.8 Å². The fourth-order valence-electron chi connectivity index (χ4n) is 6.26. The third-order valence-corrected chi connectivity index (χ3v) is 8.77. The number of rotatable bonds is 10. The third-order valence-electron chi connectivity index (χ3n) is 8.77. The second-order valence-electron chi connectivity index (χ2n) is 11.1. The second kappa shape index (κ2) is 11.1. The van der Waals surface area contributed by atoms with Crippen molar-refractivity contribution in [2.45, 2.75) is 63.6 Å². The molecule has 2 aliphatic heterocycles. The largest absolute Gasteiger partial charge is 0.507 e. The Morgan fingerprint density at radius 1 is 1.10 bits per heavy atom. The van der Waals surface area contributed by atoms with Crippen LogP contribution in [0.15, 0.2) is 40.9 Å². The maximum absolute atomic E-state index is 10.4. The number of hydrogen-bond acceptors (Lipinski definition) is 10. The Morgan fingerprint density at radius 2 is 1.88 bits per heavy atom. The highest BCUT2D eigenvalue weighted by Crippen LogP contribution is 2.42. The topological polar surface area (TPSA) is 135 Å². The Balaban J connectivity index is 1.15. The van der Waals surface area contributed by atoms with Crippen LogP contribution in [0.2, 0.25) is 0 Å². The first-order valence-corrected chi connectivity index (χ1v) is 14.1. The summed E-state index contributed by atoms with van der Waals surface area (Å²) in [6, 6.07) is 12.2. The molecule has 2 aliphatic rings.